The Morgan fingerprint density at radius 3 is 2.05 bits per heavy atom. The first kappa shape index (κ1) is 28.9. The van der Waals surface area contributed by atoms with Gasteiger partial charge < -0.3 is 10.2 Å². The Morgan fingerprint density at radius 2 is 1.45 bits per heavy atom. The van der Waals surface area contributed by atoms with Crippen LogP contribution in [0, 0.1) is 13.8 Å². The van der Waals surface area contributed by atoms with Crippen LogP contribution in [0.3, 0.4) is 0 Å². The van der Waals surface area contributed by atoms with Gasteiger partial charge in [-0.3, -0.25) is 13.9 Å². The number of carbonyl (C=O) groups excluding carboxylic acids is 2. The lowest BCUT2D eigenvalue weighted by Crippen LogP contribution is -2.53. The maximum atomic E-state index is 13.9. The summed E-state index contributed by atoms with van der Waals surface area (Å²) < 4.78 is 28.9. The summed E-state index contributed by atoms with van der Waals surface area (Å²) in [5.41, 5.74) is 3.13. The van der Waals surface area contributed by atoms with E-state index >= 15 is 0 Å². The number of anilines is 1. The number of rotatable bonds is 11. The largest absolute Gasteiger partial charge is 0.352 e. The Morgan fingerprint density at radius 1 is 0.842 bits per heavy atom. The molecule has 3 rings (SSSR count). The van der Waals surface area contributed by atoms with E-state index in [1.807, 2.05) is 64.1 Å². The fourth-order valence-corrected chi connectivity index (χ4v) is 5.71. The number of nitrogens with zero attached hydrogens (tertiary/aromatic N) is 2. The van der Waals surface area contributed by atoms with Gasteiger partial charge in [0.15, 0.2) is 0 Å². The molecular formula is C30H37N3O4S. The number of sulfonamides is 1. The fraction of sp³-hybridized carbons (Fsp3) is 0.333. The van der Waals surface area contributed by atoms with Crippen LogP contribution in [0.25, 0.3) is 0 Å². The predicted octanol–water partition coefficient (Wildman–Crippen LogP) is 4.48. The summed E-state index contributed by atoms with van der Waals surface area (Å²) in [4.78, 5) is 28.4. The van der Waals surface area contributed by atoms with E-state index < -0.39 is 28.5 Å². The van der Waals surface area contributed by atoms with Crippen molar-refractivity contribution in [1.29, 1.82) is 0 Å². The van der Waals surface area contributed by atoms with E-state index in [1.165, 1.54) is 17.0 Å². The Hall–Kier alpha value is -3.65. The Bertz CT molecular complexity index is 1340. The lowest BCUT2D eigenvalue weighted by Gasteiger charge is -2.33. The number of hydrogen-bond acceptors (Lipinski definition) is 4. The van der Waals surface area contributed by atoms with Gasteiger partial charge in [0.25, 0.3) is 10.0 Å². The molecule has 0 aliphatic carbocycles. The second-order valence-corrected chi connectivity index (χ2v) is 11.6. The minimum absolute atomic E-state index is 0.0927. The zero-order chi connectivity index (χ0) is 27.9. The Balaban J connectivity index is 2.01. The van der Waals surface area contributed by atoms with Gasteiger partial charge in [0.1, 0.15) is 12.6 Å². The van der Waals surface area contributed by atoms with Gasteiger partial charge in [-0.2, -0.15) is 0 Å². The van der Waals surface area contributed by atoms with Gasteiger partial charge in [-0.1, -0.05) is 60.7 Å². The molecule has 1 N–H and O–H groups in total. The summed E-state index contributed by atoms with van der Waals surface area (Å²) in [6.07, 6.45) is 0.529. The molecule has 1 atom stereocenters. The molecule has 0 aliphatic heterocycles. The Kier molecular flexibility index (Phi) is 9.69. The molecule has 38 heavy (non-hydrogen) atoms. The van der Waals surface area contributed by atoms with Crippen LogP contribution < -0.4 is 9.62 Å². The maximum absolute atomic E-state index is 13.9. The first-order valence-corrected chi connectivity index (χ1v) is 14.2. The summed E-state index contributed by atoms with van der Waals surface area (Å²) in [5, 5.41) is 2.87. The number of hydrogen-bond donors (Lipinski definition) is 1. The lowest BCUT2D eigenvalue weighted by molar-refractivity contribution is -0.139. The second kappa shape index (κ2) is 12.7. The molecule has 202 valence electrons. The van der Waals surface area contributed by atoms with Gasteiger partial charge in [0.2, 0.25) is 11.8 Å². The van der Waals surface area contributed by atoms with E-state index in [2.05, 4.69) is 5.32 Å². The molecule has 0 radical (unpaired) electrons. The smallest absolute Gasteiger partial charge is 0.264 e. The number of carbonyl (C=O) groups is 2. The number of nitrogens with one attached hydrogen (secondary N) is 1. The first-order chi connectivity index (χ1) is 18.0. The van der Waals surface area contributed by atoms with Gasteiger partial charge >= 0.3 is 0 Å². The first-order valence-electron chi connectivity index (χ1n) is 12.8. The Labute approximate surface area is 226 Å². The lowest BCUT2D eigenvalue weighted by atomic mass is 10.1. The van der Waals surface area contributed by atoms with Crippen molar-refractivity contribution in [2.45, 2.75) is 58.0 Å². The maximum Gasteiger partial charge on any atom is 0.264 e. The molecular weight excluding hydrogens is 498 g/mol. The molecule has 0 bridgehead atoms. The minimum atomic E-state index is -4.07. The van der Waals surface area contributed by atoms with Crippen molar-refractivity contribution in [3.05, 3.63) is 95.6 Å². The predicted molar refractivity (Wildman–Crippen MR) is 151 cm³/mol. The van der Waals surface area contributed by atoms with Gasteiger partial charge in [-0.25, -0.2) is 8.42 Å². The van der Waals surface area contributed by atoms with Crippen molar-refractivity contribution >= 4 is 27.5 Å². The molecule has 1 unspecified atom stereocenters. The fourth-order valence-electron chi connectivity index (χ4n) is 4.21. The summed E-state index contributed by atoms with van der Waals surface area (Å²) >= 11 is 0. The summed E-state index contributed by atoms with van der Waals surface area (Å²) in [5.74, 6) is -0.738. The third-order valence-electron chi connectivity index (χ3n) is 6.54. The average molecular weight is 536 g/mol. The van der Waals surface area contributed by atoms with E-state index in [0.717, 1.165) is 21.0 Å². The van der Waals surface area contributed by atoms with E-state index in [0.29, 0.717) is 12.1 Å². The van der Waals surface area contributed by atoms with Crippen molar-refractivity contribution < 1.29 is 18.0 Å². The van der Waals surface area contributed by atoms with Crippen LogP contribution in [0.2, 0.25) is 0 Å². The molecule has 8 heteroatoms. The highest BCUT2D eigenvalue weighted by molar-refractivity contribution is 7.92. The molecule has 0 saturated carbocycles. The zero-order valence-electron chi connectivity index (χ0n) is 22.7. The van der Waals surface area contributed by atoms with Crippen molar-refractivity contribution in [3.63, 3.8) is 0 Å². The molecule has 0 aromatic heterocycles. The topological polar surface area (TPSA) is 86.8 Å². The van der Waals surface area contributed by atoms with Gasteiger partial charge in [-0.05, 0) is 75.9 Å². The highest BCUT2D eigenvalue weighted by atomic mass is 32.2. The SMILES string of the molecule is Cc1cccc(N(CC(=O)N(CCc2ccccc2)C(C)C(=O)NC(C)C)S(=O)(=O)c2ccccc2)c1C. The summed E-state index contributed by atoms with van der Waals surface area (Å²) in [6.45, 7) is 8.96. The second-order valence-electron chi connectivity index (χ2n) is 9.71. The molecule has 0 saturated heterocycles. The van der Waals surface area contributed by atoms with Gasteiger partial charge in [0.05, 0.1) is 10.6 Å². The summed E-state index contributed by atoms with van der Waals surface area (Å²) in [7, 11) is -4.07. The van der Waals surface area contributed by atoms with Crippen molar-refractivity contribution in [2.24, 2.45) is 0 Å². The van der Waals surface area contributed by atoms with Crippen LogP contribution in [0.1, 0.15) is 37.5 Å². The molecule has 0 aliphatic rings. The van der Waals surface area contributed by atoms with Crippen LogP contribution in [-0.2, 0) is 26.0 Å². The van der Waals surface area contributed by atoms with Crippen LogP contribution in [0.15, 0.2) is 83.8 Å². The van der Waals surface area contributed by atoms with Crippen molar-refractivity contribution in [2.75, 3.05) is 17.4 Å². The van der Waals surface area contributed by atoms with E-state index in [1.54, 1.807) is 37.3 Å². The number of amides is 2. The minimum Gasteiger partial charge on any atom is -0.352 e. The van der Waals surface area contributed by atoms with Crippen LogP contribution >= 0.6 is 0 Å². The standard InChI is InChI=1S/C30H37N3O4S/c1-22(2)31-30(35)25(5)32(20-19-26-14-8-6-9-15-26)29(34)21-33(28-18-12-13-23(3)24(28)4)38(36,37)27-16-10-7-11-17-27/h6-18,22,25H,19-21H2,1-5H3,(H,31,35). The van der Waals surface area contributed by atoms with Gasteiger partial charge in [0, 0.05) is 12.6 Å². The third kappa shape index (κ3) is 7.01. The van der Waals surface area contributed by atoms with Crippen LogP contribution in [-0.4, -0.2) is 50.3 Å². The molecule has 0 heterocycles. The summed E-state index contributed by atoms with van der Waals surface area (Å²) in [6, 6.07) is 22.3. The highest BCUT2D eigenvalue weighted by Crippen LogP contribution is 2.29. The molecule has 0 spiro atoms. The van der Waals surface area contributed by atoms with E-state index in [-0.39, 0.29) is 23.4 Å². The van der Waals surface area contributed by atoms with Gasteiger partial charge in [-0.15, -0.1) is 0 Å². The van der Waals surface area contributed by atoms with Crippen molar-refractivity contribution in [1.82, 2.24) is 10.2 Å². The van der Waals surface area contributed by atoms with Crippen LogP contribution in [0.4, 0.5) is 5.69 Å². The van der Waals surface area contributed by atoms with Crippen LogP contribution in [0.5, 0.6) is 0 Å². The molecule has 3 aromatic carbocycles. The quantitative estimate of drug-likeness (QED) is 0.392. The third-order valence-corrected chi connectivity index (χ3v) is 8.31. The van der Waals surface area contributed by atoms with Crippen molar-refractivity contribution in [3.8, 4) is 0 Å². The van der Waals surface area contributed by atoms with E-state index in [9.17, 15) is 18.0 Å². The molecule has 7 nitrogen and oxygen atoms in total. The number of benzene rings is 3. The zero-order valence-corrected chi connectivity index (χ0v) is 23.5. The number of aryl methyl sites for hydroxylation is 1. The molecule has 0 fully saturated rings. The molecule has 3 aromatic rings. The highest BCUT2D eigenvalue weighted by Gasteiger charge is 2.33. The average Bonchev–Trinajstić information content (AvgIpc) is 2.89. The molecule has 2 amide bonds. The monoisotopic (exact) mass is 535 g/mol. The van der Waals surface area contributed by atoms with E-state index in [4.69, 9.17) is 0 Å². The normalized spacial score (nSPS) is 12.2.